The van der Waals surface area contributed by atoms with Gasteiger partial charge in [-0.3, -0.25) is 0 Å². The van der Waals surface area contributed by atoms with Gasteiger partial charge in [0.2, 0.25) is 3.79 Å². The van der Waals surface area contributed by atoms with E-state index in [-0.39, 0.29) is 5.88 Å². The molecule has 0 N–H and O–H groups in total. The average molecular weight is 251 g/mol. The topological polar surface area (TPSA) is 0 Å². The van der Waals surface area contributed by atoms with E-state index in [2.05, 4.69) is 0 Å². The van der Waals surface area contributed by atoms with E-state index in [0.29, 0.717) is 0 Å². The summed E-state index contributed by atoms with van der Waals surface area (Å²) in [4.78, 5) is 0. The highest BCUT2D eigenvalue weighted by Crippen LogP contribution is 2.46. The van der Waals surface area contributed by atoms with Crippen molar-refractivity contribution in [2.45, 2.75) is 8.13 Å². The third-order valence-corrected chi connectivity index (χ3v) is 3.64. The zero-order valence-corrected chi connectivity index (χ0v) is 8.51. The molecule has 0 aliphatic heterocycles. The molecule has 6 heteroatoms. The first-order valence-corrected chi connectivity index (χ1v) is 4.24. The predicted octanol–water partition coefficient (Wildman–Crippen LogP) is 3.77. The minimum Gasteiger partial charge on any atom is -0.123 e. The fraction of sp³-hybridized carbons (Fsp3) is 1.00. The lowest BCUT2D eigenvalue weighted by Crippen LogP contribution is -2.32. The maximum atomic E-state index is 5.43. The van der Waals surface area contributed by atoms with Crippen molar-refractivity contribution < 1.29 is 0 Å². The second-order valence-corrected chi connectivity index (χ2v) is 5.37. The van der Waals surface area contributed by atoms with Crippen LogP contribution in [0.15, 0.2) is 0 Å². The molecule has 0 saturated carbocycles. The zero-order chi connectivity index (χ0) is 7.71. The van der Waals surface area contributed by atoms with Crippen LogP contribution in [0.25, 0.3) is 0 Å². The van der Waals surface area contributed by atoms with Gasteiger partial charge in [0, 0.05) is 0 Å². The molecule has 0 atom stereocenters. The van der Waals surface area contributed by atoms with E-state index in [1.54, 1.807) is 0 Å². The zero-order valence-electron chi connectivity index (χ0n) is 3.97. The van der Waals surface area contributed by atoms with E-state index in [1.165, 1.54) is 0 Å². The Morgan fingerprint density at radius 2 is 1.22 bits per heavy atom. The van der Waals surface area contributed by atoms with Gasteiger partial charge in [-0.15, -0.1) is 11.6 Å². The molecule has 0 aliphatic rings. The average Bonchev–Trinajstić information content (AvgIpc) is 1.64. The van der Waals surface area contributed by atoms with Gasteiger partial charge < -0.3 is 0 Å². The van der Waals surface area contributed by atoms with Crippen LogP contribution in [0.4, 0.5) is 0 Å². The first kappa shape index (κ1) is 10.7. The molecule has 0 spiro atoms. The number of halogens is 6. The summed E-state index contributed by atoms with van der Waals surface area (Å²) in [7, 11) is 0. The number of rotatable bonds is 1. The van der Waals surface area contributed by atoms with Crippen LogP contribution in [0.2, 0.25) is 0 Å². The summed E-state index contributed by atoms with van der Waals surface area (Å²) in [5, 5.41) is 0. The van der Waals surface area contributed by atoms with Gasteiger partial charge in [0.25, 0.3) is 0 Å². The molecule has 0 nitrogen and oxygen atoms in total. The molecule has 0 aromatic rings. The van der Waals surface area contributed by atoms with Crippen molar-refractivity contribution in [3.05, 3.63) is 0 Å². The molecule has 0 aromatic heterocycles. The Labute approximate surface area is 83.3 Å². The van der Waals surface area contributed by atoms with Crippen LogP contribution in [-0.2, 0) is 0 Å². The van der Waals surface area contributed by atoms with E-state index in [0.717, 1.165) is 0 Å². The normalized spacial score (nSPS) is 14.0. The summed E-state index contributed by atoms with van der Waals surface area (Å²) >= 11 is 32.1. The van der Waals surface area contributed by atoms with Crippen LogP contribution in [0.5, 0.6) is 0 Å². The van der Waals surface area contributed by atoms with E-state index in [9.17, 15) is 0 Å². The lowest BCUT2D eigenvalue weighted by Gasteiger charge is -2.24. The lowest BCUT2D eigenvalue weighted by molar-refractivity contribution is 0.904. The number of hydrogen-bond acceptors (Lipinski definition) is 0. The first-order valence-electron chi connectivity index (χ1n) is 1.82. The summed E-state index contributed by atoms with van der Waals surface area (Å²) in [5.74, 6) is -0.132. The van der Waals surface area contributed by atoms with Crippen LogP contribution < -0.4 is 0 Å². The summed E-state index contributed by atoms with van der Waals surface area (Å²) in [6.07, 6.45) is 0. The fourth-order valence-corrected chi connectivity index (χ4v) is 0.682. The van der Waals surface area contributed by atoms with Crippen LogP contribution in [0.3, 0.4) is 0 Å². The smallest absolute Gasteiger partial charge is 0.123 e. The molecule has 0 fully saturated rings. The SMILES string of the molecule is ClCC(Cl)(Cl)C(Cl)(Cl)Cl. The minimum atomic E-state index is -1.74. The van der Waals surface area contributed by atoms with Gasteiger partial charge in [0.15, 0.2) is 4.33 Å². The third kappa shape index (κ3) is 3.09. The van der Waals surface area contributed by atoms with Crippen LogP contribution in [0.1, 0.15) is 0 Å². The fourth-order valence-electron chi connectivity index (χ4n) is 0.0758. The summed E-state index contributed by atoms with van der Waals surface area (Å²) < 4.78 is -3.25. The van der Waals surface area contributed by atoms with Gasteiger partial charge in [-0.1, -0.05) is 58.0 Å². The van der Waals surface area contributed by atoms with E-state index in [1.807, 2.05) is 0 Å². The molecule has 0 radical (unpaired) electrons. The molecule has 0 bridgehead atoms. The van der Waals surface area contributed by atoms with Crippen molar-refractivity contribution in [3.63, 3.8) is 0 Å². The number of hydrogen-bond donors (Lipinski definition) is 0. The summed E-state index contributed by atoms with van der Waals surface area (Å²) in [6, 6.07) is 0. The molecular formula is C3H2Cl6. The van der Waals surface area contributed by atoms with Crippen molar-refractivity contribution >= 4 is 69.6 Å². The predicted molar refractivity (Wildman–Crippen MR) is 45.4 cm³/mol. The van der Waals surface area contributed by atoms with Crippen molar-refractivity contribution in [2.24, 2.45) is 0 Å². The lowest BCUT2D eigenvalue weighted by atomic mass is 10.5. The van der Waals surface area contributed by atoms with Gasteiger partial charge >= 0.3 is 0 Å². The standard InChI is InChI=1S/C3H2Cl6/c4-1-2(5,6)3(7,8)9/h1H2. The van der Waals surface area contributed by atoms with Gasteiger partial charge in [0.1, 0.15) is 0 Å². The Hall–Kier alpha value is 1.74. The highest BCUT2D eigenvalue weighted by molar-refractivity contribution is 6.76. The van der Waals surface area contributed by atoms with E-state index in [4.69, 9.17) is 69.6 Å². The Morgan fingerprint density at radius 3 is 1.22 bits per heavy atom. The van der Waals surface area contributed by atoms with Gasteiger partial charge in [-0.2, -0.15) is 0 Å². The molecule has 0 amide bonds. The van der Waals surface area contributed by atoms with Crippen molar-refractivity contribution in [3.8, 4) is 0 Å². The summed E-state index contributed by atoms with van der Waals surface area (Å²) in [6.45, 7) is 0. The monoisotopic (exact) mass is 248 g/mol. The Kier molecular flexibility index (Phi) is 4.09. The first-order chi connectivity index (χ1) is 3.81. The van der Waals surface area contributed by atoms with Gasteiger partial charge in [-0.25, -0.2) is 0 Å². The second-order valence-electron chi connectivity index (χ2n) is 1.34. The van der Waals surface area contributed by atoms with Crippen molar-refractivity contribution in [1.29, 1.82) is 0 Å². The van der Waals surface area contributed by atoms with Crippen LogP contribution in [0, 0.1) is 0 Å². The van der Waals surface area contributed by atoms with Crippen molar-refractivity contribution in [2.75, 3.05) is 5.88 Å². The molecule has 56 valence electrons. The molecule has 0 saturated heterocycles. The van der Waals surface area contributed by atoms with Crippen LogP contribution >= 0.6 is 69.6 Å². The van der Waals surface area contributed by atoms with E-state index >= 15 is 0 Å². The molecule has 0 aliphatic carbocycles. The van der Waals surface area contributed by atoms with Crippen molar-refractivity contribution in [1.82, 2.24) is 0 Å². The molecule has 0 rings (SSSR count). The highest BCUT2D eigenvalue weighted by Gasteiger charge is 2.45. The molecule has 0 unspecified atom stereocenters. The molecule has 0 heterocycles. The molecule has 0 aromatic carbocycles. The van der Waals surface area contributed by atoms with E-state index < -0.39 is 8.13 Å². The molecular weight excluding hydrogens is 249 g/mol. The quantitative estimate of drug-likeness (QED) is 0.622. The maximum Gasteiger partial charge on any atom is 0.224 e. The Bertz CT molecular complexity index is 91.0. The minimum absolute atomic E-state index is 0.132. The molecule has 9 heavy (non-hydrogen) atoms. The van der Waals surface area contributed by atoms with Gasteiger partial charge in [-0.05, 0) is 0 Å². The maximum absolute atomic E-state index is 5.43. The number of alkyl halides is 6. The largest absolute Gasteiger partial charge is 0.224 e. The Morgan fingerprint density at radius 1 is 0.889 bits per heavy atom. The highest BCUT2D eigenvalue weighted by atomic mass is 35.6. The summed E-state index contributed by atoms with van der Waals surface area (Å²) in [5.41, 5.74) is 0. The Balaban J connectivity index is 4.14. The van der Waals surface area contributed by atoms with Crippen LogP contribution in [-0.4, -0.2) is 14.0 Å². The second kappa shape index (κ2) is 3.42. The third-order valence-electron chi connectivity index (χ3n) is 0.583. The van der Waals surface area contributed by atoms with Gasteiger partial charge in [0.05, 0.1) is 5.88 Å².